The smallest absolute Gasteiger partial charge is 0.282 e. The lowest BCUT2D eigenvalue weighted by Crippen LogP contribution is -2.29. The van der Waals surface area contributed by atoms with Crippen molar-refractivity contribution in [3.05, 3.63) is 21.0 Å². The largest absolute Gasteiger partial charge is 0.381 e. The SMILES string of the molecule is Cn1ncc(NCC2(C)CCCS2)c(Br)c1=O. The Balaban J connectivity index is 2.09. The molecule has 1 N–H and O–H groups in total. The number of aromatic nitrogens is 2. The fraction of sp³-hybridized carbons (Fsp3) is 0.636. The third-order valence-electron chi connectivity index (χ3n) is 3.03. The number of nitrogens with one attached hydrogen (secondary N) is 1. The minimum absolute atomic E-state index is 0.112. The van der Waals surface area contributed by atoms with E-state index in [0.717, 1.165) is 12.2 Å². The summed E-state index contributed by atoms with van der Waals surface area (Å²) in [6.45, 7) is 3.13. The van der Waals surface area contributed by atoms with Crippen molar-refractivity contribution >= 4 is 33.4 Å². The van der Waals surface area contributed by atoms with Gasteiger partial charge in [0.25, 0.3) is 5.56 Å². The maximum Gasteiger partial charge on any atom is 0.282 e. The molecule has 94 valence electrons. The maximum atomic E-state index is 11.7. The fourth-order valence-corrected chi connectivity index (χ4v) is 3.64. The van der Waals surface area contributed by atoms with Crippen LogP contribution in [0.1, 0.15) is 19.8 Å². The van der Waals surface area contributed by atoms with E-state index in [2.05, 4.69) is 33.3 Å². The van der Waals surface area contributed by atoms with Gasteiger partial charge in [-0.1, -0.05) is 0 Å². The Bertz CT molecular complexity index is 468. The zero-order chi connectivity index (χ0) is 12.5. The molecule has 2 heterocycles. The Labute approximate surface area is 113 Å². The first-order valence-corrected chi connectivity index (χ1v) is 7.39. The van der Waals surface area contributed by atoms with Crippen LogP contribution in [-0.2, 0) is 7.05 Å². The van der Waals surface area contributed by atoms with E-state index in [9.17, 15) is 4.79 Å². The zero-order valence-corrected chi connectivity index (χ0v) is 12.4. The predicted molar refractivity (Wildman–Crippen MR) is 75.8 cm³/mol. The predicted octanol–water partition coefficient (Wildman–Crippen LogP) is 2.24. The number of rotatable bonds is 3. The molecule has 1 aromatic heterocycles. The number of halogens is 1. The molecule has 1 aromatic rings. The number of aryl methyl sites for hydroxylation is 1. The van der Waals surface area contributed by atoms with Gasteiger partial charge in [0, 0.05) is 18.3 Å². The molecule has 0 aromatic carbocycles. The van der Waals surface area contributed by atoms with Gasteiger partial charge in [0.1, 0.15) is 4.47 Å². The molecule has 1 saturated heterocycles. The van der Waals surface area contributed by atoms with Crippen molar-refractivity contribution in [2.24, 2.45) is 7.05 Å². The molecular formula is C11H16BrN3OS. The summed E-state index contributed by atoms with van der Waals surface area (Å²) in [7, 11) is 1.64. The molecule has 1 aliphatic rings. The zero-order valence-electron chi connectivity index (χ0n) is 9.99. The normalized spacial score (nSPS) is 23.9. The van der Waals surface area contributed by atoms with Crippen molar-refractivity contribution in [1.82, 2.24) is 9.78 Å². The van der Waals surface area contributed by atoms with Gasteiger partial charge >= 0.3 is 0 Å². The van der Waals surface area contributed by atoms with Gasteiger partial charge in [-0.25, -0.2) is 4.68 Å². The van der Waals surface area contributed by atoms with E-state index in [-0.39, 0.29) is 10.3 Å². The highest BCUT2D eigenvalue weighted by atomic mass is 79.9. The number of hydrogen-bond donors (Lipinski definition) is 1. The lowest BCUT2D eigenvalue weighted by molar-refractivity contribution is 0.633. The minimum atomic E-state index is -0.112. The summed E-state index contributed by atoms with van der Waals surface area (Å²) < 4.78 is 2.16. The number of nitrogens with zero attached hydrogens (tertiary/aromatic N) is 2. The number of hydrogen-bond acceptors (Lipinski definition) is 4. The lowest BCUT2D eigenvalue weighted by Gasteiger charge is -2.23. The van der Waals surface area contributed by atoms with Crippen LogP contribution >= 0.6 is 27.7 Å². The molecule has 1 unspecified atom stereocenters. The summed E-state index contributed by atoms with van der Waals surface area (Å²) in [5, 5.41) is 7.33. The van der Waals surface area contributed by atoms with Crippen LogP contribution in [0.15, 0.2) is 15.5 Å². The molecule has 0 radical (unpaired) electrons. The van der Waals surface area contributed by atoms with Crippen molar-refractivity contribution in [3.8, 4) is 0 Å². The van der Waals surface area contributed by atoms with Gasteiger partial charge in [-0.3, -0.25) is 4.79 Å². The molecule has 0 saturated carbocycles. The Kier molecular flexibility index (Phi) is 3.82. The molecule has 4 nitrogen and oxygen atoms in total. The van der Waals surface area contributed by atoms with E-state index in [1.165, 1.54) is 23.3 Å². The average molecular weight is 318 g/mol. The number of anilines is 1. The molecule has 1 fully saturated rings. The summed E-state index contributed by atoms with van der Waals surface area (Å²) in [6.07, 6.45) is 4.19. The molecule has 6 heteroatoms. The molecule has 2 rings (SSSR count). The monoisotopic (exact) mass is 317 g/mol. The van der Waals surface area contributed by atoms with Crippen molar-refractivity contribution in [2.75, 3.05) is 17.6 Å². The molecule has 0 bridgehead atoms. The van der Waals surface area contributed by atoms with Crippen LogP contribution in [0.3, 0.4) is 0 Å². The van der Waals surface area contributed by atoms with Crippen LogP contribution in [0.2, 0.25) is 0 Å². The van der Waals surface area contributed by atoms with Gasteiger partial charge in [0.2, 0.25) is 0 Å². The van der Waals surface area contributed by atoms with E-state index >= 15 is 0 Å². The van der Waals surface area contributed by atoms with E-state index in [4.69, 9.17) is 0 Å². The second-order valence-corrected chi connectivity index (χ2v) is 7.03. The van der Waals surface area contributed by atoms with Crippen LogP contribution in [0.5, 0.6) is 0 Å². The van der Waals surface area contributed by atoms with Crippen molar-refractivity contribution in [1.29, 1.82) is 0 Å². The fourth-order valence-electron chi connectivity index (χ4n) is 1.89. The molecule has 0 spiro atoms. The Hall–Kier alpha value is -0.490. The van der Waals surface area contributed by atoms with Gasteiger partial charge in [0.05, 0.1) is 11.9 Å². The highest BCUT2D eigenvalue weighted by Gasteiger charge is 2.29. The van der Waals surface area contributed by atoms with Crippen molar-refractivity contribution in [3.63, 3.8) is 0 Å². The molecule has 1 atom stereocenters. The Morgan fingerprint density at radius 2 is 2.47 bits per heavy atom. The summed E-state index contributed by atoms with van der Waals surface area (Å²) in [5.74, 6) is 1.23. The second-order valence-electron chi connectivity index (χ2n) is 4.56. The van der Waals surface area contributed by atoms with Gasteiger partial charge in [0.15, 0.2) is 0 Å². The van der Waals surface area contributed by atoms with Crippen LogP contribution in [0, 0.1) is 0 Å². The lowest BCUT2D eigenvalue weighted by atomic mass is 10.1. The third-order valence-corrected chi connectivity index (χ3v) is 5.34. The van der Waals surface area contributed by atoms with Crippen LogP contribution < -0.4 is 10.9 Å². The van der Waals surface area contributed by atoms with Crippen molar-refractivity contribution < 1.29 is 0 Å². The summed E-state index contributed by atoms with van der Waals surface area (Å²) >= 11 is 5.31. The number of thioether (sulfide) groups is 1. The van der Waals surface area contributed by atoms with E-state index < -0.39 is 0 Å². The van der Waals surface area contributed by atoms with Gasteiger partial charge in [-0.2, -0.15) is 16.9 Å². The molecular weight excluding hydrogens is 302 g/mol. The summed E-state index contributed by atoms with van der Waals surface area (Å²) in [6, 6.07) is 0. The summed E-state index contributed by atoms with van der Waals surface area (Å²) in [4.78, 5) is 11.7. The van der Waals surface area contributed by atoms with Crippen LogP contribution in [0.25, 0.3) is 0 Å². The first kappa shape index (κ1) is 13.0. The summed E-state index contributed by atoms with van der Waals surface area (Å²) in [5.41, 5.74) is 0.668. The minimum Gasteiger partial charge on any atom is -0.381 e. The van der Waals surface area contributed by atoms with Gasteiger partial charge in [-0.15, -0.1) is 0 Å². The highest BCUT2D eigenvalue weighted by molar-refractivity contribution is 9.10. The maximum absolute atomic E-state index is 11.7. The molecule has 0 amide bonds. The standard InChI is InChI=1S/C11H16BrN3OS/c1-11(4-3-5-17-11)7-13-8-6-14-15(2)10(16)9(8)12/h6,13H,3-5,7H2,1-2H3. The Morgan fingerprint density at radius 1 is 1.71 bits per heavy atom. The second kappa shape index (κ2) is 5.02. The Morgan fingerprint density at radius 3 is 3.12 bits per heavy atom. The first-order chi connectivity index (χ1) is 8.02. The molecule has 17 heavy (non-hydrogen) atoms. The highest BCUT2D eigenvalue weighted by Crippen LogP contribution is 2.37. The first-order valence-electron chi connectivity index (χ1n) is 5.61. The average Bonchev–Trinajstić information content (AvgIpc) is 2.73. The molecule has 0 aliphatic carbocycles. The van der Waals surface area contributed by atoms with E-state index in [0.29, 0.717) is 4.47 Å². The van der Waals surface area contributed by atoms with E-state index in [1.807, 2.05) is 11.8 Å². The topological polar surface area (TPSA) is 46.9 Å². The van der Waals surface area contributed by atoms with Gasteiger partial charge < -0.3 is 5.32 Å². The third kappa shape index (κ3) is 2.85. The quantitative estimate of drug-likeness (QED) is 0.928. The van der Waals surface area contributed by atoms with Gasteiger partial charge in [-0.05, 0) is 41.4 Å². The van der Waals surface area contributed by atoms with Crippen LogP contribution in [-0.4, -0.2) is 26.8 Å². The molecule has 1 aliphatic heterocycles. The van der Waals surface area contributed by atoms with Crippen LogP contribution in [0.4, 0.5) is 5.69 Å². The van der Waals surface area contributed by atoms with Crippen molar-refractivity contribution in [2.45, 2.75) is 24.5 Å². The van der Waals surface area contributed by atoms with E-state index in [1.54, 1.807) is 13.2 Å².